The fourth-order valence-corrected chi connectivity index (χ4v) is 10.1. The first-order valence-electron chi connectivity index (χ1n) is 17.6. The van der Waals surface area contributed by atoms with Crippen LogP contribution in [0.1, 0.15) is 0 Å². The van der Waals surface area contributed by atoms with E-state index in [0.717, 1.165) is 38.5 Å². The van der Waals surface area contributed by atoms with Gasteiger partial charge in [0.15, 0.2) is 11.6 Å². The minimum absolute atomic E-state index is 0.593. The summed E-state index contributed by atoms with van der Waals surface area (Å²) in [6.07, 6.45) is 0. The van der Waals surface area contributed by atoms with Gasteiger partial charge in [0, 0.05) is 62.6 Å². The van der Waals surface area contributed by atoms with E-state index >= 15 is 0 Å². The summed E-state index contributed by atoms with van der Waals surface area (Å²) in [5.74, 6) is 1.89. The van der Waals surface area contributed by atoms with Crippen LogP contribution in [-0.2, 0) is 0 Å². The van der Waals surface area contributed by atoms with Gasteiger partial charge < -0.3 is 0 Å². The number of rotatable bonds is 5. The molecule has 4 nitrogen and oxygen atoms in total. The van der Waals surface area contributed by atoms with Crippen LogP contribution in [0.4, 0.5) is 0 Å². The van der Waals surface area contributed by atoms with Crippen LogP contribution in [0.5, 0.6) is 0 Å². The quantitative estimate of drug-likeness (QED) is 0.178. The lowest BCUT2D eigenvalue weighted by atomic mass is 9.98. The summed E-state index contributed by atoms with van der Waals surface area (Å²) < 4.78 is 5.92. The van der Waals surface area contributed by atoms with Crippen LogP contribution in [0.15, 0.2) is 170 Å². The van der Waals surface area contributed by atoms with Crippen molar-refractivity contribution in [2.75, 3.05) is 0 Å². The molecule has 0 atom stereocenters. The SMILES string of the molecule is c1ccc(-c2nc(-c3cccc4c3sc3ccccc34)nc(-n3c4ccccc4c4ccc(-c5sc6ccccc6c5-c5ccccc5)cc43)n2)cc1. The second-order valence-electron chi connectivity index (χ2n) is 13.2. The number of hydrogen-bond acceptors (Lipinski definition) is 5. The predicted octanol–water partition coefficient (Wildman–Crippen LogP) is 13.2. The van der Waals surface area contributed by atoms with Gasteiger partial charge in [-0.2, -0.15) is 9.97 Å². The van der Waals surface area contributed by atoms with Gasteiger partial charge >= 0.3 is 0 Å². The lowest BCUT2D eigenvalue weighted by Gasteiger charge is -2.12. The van der Waals surface area contributed by atoms with Gasteiger partial charge in [0.2, 0.25) is 5.95 Å². The van der Waals surface area contributed by atoms with E-state index in [2.05, 4.69) is 156 Å². The van der Waals surface area contributed by atoms with Crippen LogP contribution in [0.25, 0.3) is 102 Å². The van der Waals surface area contributed by atoms with Gasteiger partial charge in [-0.15, -0.1) is 22.7 Å². The monoisotopic (exact) mass is 712 g/mol. The molecule has 0 aliphatic carbocycles. The van der Waals surface area contributed by atoms with Crippen LogP contribution >= 0.6 is 22.7 Å². The van der Waals surface area contributed by atoms with Crippen LogP contribution in [0, 0.1) is 0 Å². The standard InChI is InChI=1S/C47H28N4S2/c1-3-14-29(15-4-1)42-36-20-9-12-25-41(36)52-43(42)31-26-27-33-32-18-7-10-23-38(32)51(39(33)28-31)47-49-45(30-16-5-2-6-17-30)48-46(50-47)37-22-13-21-35-34-19-8-11-24-40(34)53-44(35)37/h1-28H. The van der Waals surface area contributed by atoms with E-state index in [-0.39, 0.29) is 0 Å². The summed E-state index contributed by atoms with van der Waals surface area (Å²) in [5, 5.41) is 6.04. The van der Waals surface area contributed by atoms with Gasteiger partial charge in [0.1, 0.15) is 0 Å². The third-order valence-corrected chi connectivity index (χ3v) is 12.5. The van der Waals surface area contributed by atoms with Crippen molar-refractivity contribution >= 4 is 74.7 Å². The van der Waals surface area contributed by atoms with Gasteiger partial charge in [-0.25, -0.2) is 4.98 Å². The van der Waals surface area contributed by atoms with Crippen molar-refractivity contribution < 1.29 is 0 Å². The molecule has 0 radical (unpaired) electrons. The fourth-order valence-electron chi connectivity index (χ4n) is 7.69. The van der Waals surface area contributed by atoms with Crippen LogP contribution < -0.4 is 0 Å². The van der Waals surface area contributed by atoms with Crippen molar-refractivity contribution in [2.45, 2.75) is 0 Å². The zero-order chi connectivity index (χ0) is 34.9. The average Bonchev–Trinajstić information content (AvgIpc) is 3.91. The third-order valence-electron chi connectivity index (χ3n) is 10.1. The molecular formula is C47H28N4S2. The Labute approximate surface area is 312 Å². The molecule has 0 bridgehead atoms. The van der Waals surface area contributed by atoms with Crippen molar-refractivity contribution in [1.29, 1.82) is 0 Å². The third kappa shape index (κ3) is 4.84. The van der Waals surface area contributed by atoms with Crippen molar-refractivity contribution in [2.24, 2.45) is 0 Å². The Morgan fingerprint density at radius 1 is 0.396 bits per heavy atom. The number of thiophene rings is 2. The number of para-hydroxylation sites is 1. The molecule has 0 N–H and O–H groups in total. The number of aromatic nitrogens is 4. The molecule has 0 fully saturated rings. The minimum atomic E-state index is 0.593. The molecule has 0 aliphatic rings. The molecule has 4 aromatic heterocycles. The Bertz CT molecular complexity index is 3180. The highest BCUT2D eigenvalue weighted by Gasteiger charge is 2.22. The smallest absolute Gasteiger partial charge is 0.238 e. The Kier molecular flexibility index (Phi) is 6.87. The van der Waals surface area contributed by atoms with Gasteiger partial charge in [-0.05, 0) is 41.5 Å². The molecule has 11 aromatic rings. The average molecular weight is 713 g/mol. The topological polar surface area (TPSA) is 43.6 Å². The lowest BCUT2D eigenvalue weighted by molar-refractivity contribution is 0.954. The molecule has 4 heterocycles. The van der Waals surface area contributed by atoms with Crippen LogP contribution in [-0.4, -0.2) is 19.5 Å². The normalized spacial score (nSPS) is 11.8. The minimum Gasteiger partial charge on any atom is -0.278 e. The van der Waals surface area contributed by atoms with Crippen LogP contribution in [0.2, 0.25) is 0 Å². The Morgan fingerprint density at radius 2 is 1.02 bits per heavy atom. The zero-order valence-electron chi connectivity index (χ0n) is 28.3. The molecule has 0 unspecified atom stereocenters. The molecule has 11 rings (SSSR count). The number of hydrogen-bond donors (Lipinski definition) is 0. The molecular weight excluding hydrogens is 685 g/mol. The first kappa shape index (κ1) is 30.2. The van der Waals surface area contributed by atoms with Gasteiger partial charge in [0.05, 0.1) is 11.0 Å². The van der Waals surface area contributed by atoms with Crippen LogP contribution in [0.3, 0.4) is 0 Å². The summed E-state index contributed by atoms with van der Waals surface area (Å²) in [6, 6.07) is 60.2. The number of nitrogens with zero attached hydrogens (tertiary/aromatic N) is 4. The largest absolute Gasteiger partial charge is 0.278 e. The predicted molar refractivity (Wildman–Crippen MR) is 224 cm³/mol. The molecule has 0 saturated carbocycles. The summed E-state index contributed by atoms with van der Waals surface area (Å²) in [4.78, 5) is 17.0. The second-order valence-corrected chi connectivity index (χ2v) is 15.3. The maximum atomic E-state index is 5.34. The lowest BCUT2D eigenvalue weighted by Crippen LogP contribution is -2.06. The Morgan fingerprint density at radius 3 is 1.83 bits per heavy atom. The Hall–Kier alpha value is -6.47. The Balaban J connectivity index is 1.20. The van der Waals surface area contributed by atoms with Gasteiger partial charge in [-0.1, -0.05) is 140 Å². The highest BCUT2D eigenvalue weighted by molar-refractivity contribution is 7.26. The maximum Gasteiger partial charge on any atom is 0.238 e. The summed E-state index contributed by atoms with van der Waals surface area (Å²) in [7, 11) is 0. The number of benzene rings is 7. The molecule has 0 spiro atoms. The van der Waals surface area contributed by atoms with Crippen molar-refractivity contribution in [3.63, 3.8) is 0 Å². The first-order chi connectivity index (χ1) is 26.3. The van der Waals surface area contributed by atoms with E-state index < -0.39 is 0 Å². The molecule has 6 heteroatoms. The zero-order valence-corrected chi connectivity index (χ0v) is 29.9. The molecule has 0 saturated heterocycles. The van der Waals surface area contributed by atoms with E-state index in [9.17, 15) is 0 Å². The maximum absolute atomic E-state index is 5.34. The summed E-state index contributed by atoms with van der Waals surface area (Å²) >= 11 is 3.63. The first-order valence-corrected chi connectivity index (χ1v) is 19.2. The summed E-state index contributed by atoms with van der Waals surface area (Å²) in [6.45, 7) is 0. The second kappa shape index (κ2) is 12.1. The molecule has 7 aromatic carbocycles. The van der Waals surface area contributed by atoms with E-state index in [1.807, 2.05) is 29.5 Å². The van der Waals surface area contributed by atoms with Gasteiger partial charge in [0.25, 0.3) is 0 Å². The highest BCUT2D eigenvalue weighted by Crippen LogP contribution is 2.46. The highest BCUT2D eigenvalue weighted by atomic mass is 32.1. The molecule has 53 heavy (non-hydrogen) atoms. The van der Waals surface area contributed by atoms with Crippen molar-refractivity contribution in [3.05, 3.63) is 170 Å². The molecule has 248 valence electrons. The van der Waals surface area contributed by atoms with E-state index in [4.69, 9.17) is 15.0 Å². The van der Waals surface area contributed by atoms with E-state index in [1.165, 1.54) is 46.3 Å². The molecule has 0 aliphatic heterocycles. The van der Waals surface area contributed by atoms with E-state index in [1.54, 1.807) is 11.3 Å². The van der Waals surface area contributed by atoms with Gasteiger partial charge in [-0.3, -0.25) is 4.57 Å². The van der Waals surface area contributed by atoms with E-state index in [0.29, 0.717) is 17.6 Å². The van der Waals surface area contributed by atoms with Crippen molar-refractivity contribution in [1.82, 2.24) is 19.5 Å². The number of fused-ring (bicyclic) bond motifs is 7. The fraction of sp³-hybridized carbons (Fsp3) is 0. The molecule has 0 amide bonds. The summed E-state index contributed by atoms with van der Waals surface area (Å²) in [5.41, 5.74) is 7.69. The van der Waals surface area contributed by atoms with Crippen molar-refractivity contribution in [3.8, 4) is 50.3 Å².